The molecule has 0 unspecified atom stereocenters. The Morgan fingerprint density at radius 2 is 2.03 bits per heavy atom. The van der Waals surface area contributed by atoms with Crippen molar-refractivity contribution in [3.8, 4) is 6.07 Å². The van der Waals surface area contributed by atoms with Gasteiger partial charge in [0.2, 0.25) is 0 Å². The van der Waals surface area contributed by atoms with Crippen LogP contribution in [0.25, 0.3) is 0 Å². The maximum atomic E-state index is 9.88. The van der Waals surface area contributed by atoms with Crippen LogP contribution in [0.3, 0.4) is 0 Å². The van der Waals surface area contributed by atoms with Gasteiger partial charge in [0.15, 0.2) is 0 Å². The van der Waals surface area contributed by atoms with Gasteiger partial charge in [0, 0.05) is 31.7 Å². The number of nitrogens with one attached hydrogen (secondary N) is 2. The number of rotatable bonds is 10. The molecule has 7 heteroatoms. The second-order valence-corrected chi connectivity index (χ2v) is 7.26. The van der Waals surface area contributed by atoms with Gasteiger partial charge in [0.25, 0.3) is 0 Å². The van der Waals surface area contributed by atoms with Crippen molar-refractivity contribution in [2.24, 2.45) is 0 Å². The first-order chi connectivity index (χ1) is 14.2. The molecule has 3 heterocycles. The number of furan rings is 1. The third kappa shape index (κ3) is 5.08. The largest absolute Gasteiger partial charge is 0.467 e. The van der Waals surface area contributed by atoms with Gasteiger partial charge in [-0.2, -0.15) is 5.26 Å². The van der Waals surface area contributed by atoms with Crippen LogP contribution in [0, 0.1) is 11.3 Å². The minimum Gasteiger partial charge on any atom is -0.467 e. The van der Waals surface area contributed by atoms with E-state index in [1.54, 1.807) is 6.26 Å². The Morgan fingerprint density at radius 1 is 1.21 bits per heavy atom. The summed E-state index contributed by atoms with van der Waals surface area (Å²) < 4.78 is 5.46. The molecule has 156 valence electrons. The predicted molar refractivity (Wildman–Crippen MR) is 116 cm³/mol. The van der Waals surface area contributed by atoms with Crippen molar-refractivity contribution in [1.82, 2.24) is 14.8 Å². The van der Waals surface area contributed by atoms with Gasteiger partial charge in [-0.15, -0.1) is 0 Å². The van der Waals surface area contributed by atoms with E-state index >= 15 is 0 Å². The van der Waals surface area contributed by atoms with Crippen LogP contribution in [-0.4, -0.2) is 54.1 Å². The second-order valence-electron chi connectivity index (χ2n) is 7.26. The Bertz CT molecular complexity index is 823. The van der Waals surface area contributed by atoms with Gasteiger partial charge in [0.1, 0.15) is 23.5 Å². The average Bonchev–Trinajstić information content (AvgIpc) is 3.28. The molecule has 0 fully saturated rings. The monoisotopic (exact) mass is 396 g/mol. The highest BCUT2D eigenvalue weighted by Gasteiger charge is 2.25. The van der Waals surface area contributed by atoms with E-state index in [9.17, 15) is 5.26 Å². The molecule has 3 rings (SSSR count). The van der Waals surface area contributed by atoms with Crippen LogP contribution < -0.4 is 10.6 Å². The van der Waals surface area contributed by atoms with Crippen LogP contribution >= 0.6 is 0 Å². The first kappa shape index (κ1) is 21.2. The molecule has 1 aliphatic heterocycles. The van der Waals surface area contributed by atoms with E-state index in [2.05, 4.69) is 47.3 Å². The molecule has 0 saturated heterocycles. The topological polar surface area (TPSA) is 80.4 Å². The molecule has 0 spiro atoms. The average molecular weight is 397 g/mol. The molecule has 0 amide bonds. The van der Waals surface area contributed by atoms with Gasteiger partial charge in [-0.1, -0.05) is 20.8 Å². The van der Waals surface area contributed by atoms with Gasteiger partial charge in [-0.25, -0.2) is 4.98 Å². The molecule has 0 radical (unpaired) electrons. The number of hydrogen-bond acceptors (Lipinski definition) is 7. The molecule has 0 aromatic carbocycles. The third-order valence-corrected chi connectivity index (χ3v) is 5.66. The fourth-order valence-corrected chi connectivity index (χ4v) is 3.81. The highest BCUT2D eigenvalue weighted by atomic mass is 16.3. The highest BCUT2D eigenvalue weighted by molar-refractivity contribution is 5.66. The van der Waals surface area contributed by atoms with Crippen molar-refractivity contribution in [2.75, 3.05) is 49.9 Å². The Hall–Kier alpha value is -2.56. The number of hydrogen-bond donors (Lipinski definition) is 2. The molecule has 2 aromatic rings. The normalized spacial score (nSPS) is 13.9. The first-order valence-corrected chi connectivity index (χ1v) is 10.6. The van der Waals surface area contributed by atoms with Crippen molar-refractivity contribution in [3.05, 3.63) is 40.8 Å². The van der Waals surface area contributed by atoms with Crippen molar-refractivity contribution in [3.63, 3.8) is 0 Å². The van der Waals surface area contributed by atoms with Crippen LogP contribution in [0.4, 0.5) is 11.6 Å². The van der Waals surface area contributed by atoms with E-state index in [0.29, 0.717) is 17.9 Å². The summed E-state index contributed by atoms with van der Waals surface area (Å²) in [6.45, 7) is 13.6. The molecular formula is C22H32N6O. The quantitative estimate of drug-likeness (QED) is 0.638. The lowest BCUT2D eigenvalue weighted by molar-refractivity contribution is 0.268. The van der Waals surface area contributed by atoms with Gasteiger partial charge >= 0.3 is 0 Å². The molecule has 0 bridgehead atoms. The summed E-state index contributed by atoms with van der Waals surface area (Å²) >= 11 is 0. The number of anilines is 2. The van der Waals surface area contributed by atoms with Gasteiger partial charge < -0.3 is 20.0 Å². The number of nitrogens with zero attached hydrogens (tertiary/aromatic N) is 4. The number of pyridine rings is 1. The predicted octanol–water partition coefficient (Wildman–Crippen LogP) is 3.29. The summed E-state index contributed by atoms with van der Waals surface area (Å²) in [5.74, 6) is 2.40. The van der Waals surface area contributed by atoms with Gasteiger partial charge in [-0.3, -0.25) is 4.90 Å². The van der Waals surface area contributed by atoms with E-state index in [1.165, 1.54) is 0 Å². The fourth-order valence-electron chi connectivity index (χ4n) is 3.81. The van der Waals surface area contributed by atoms with Crippen molar-refractivity contribution in [2.45, 2.75) is 40.3 Å². The molecule has 2 N–H and O–H groups in total. The van der Waals surface area contributed by atoms with Crippen LogP contribution in [0.5, 0.6) is 0 Å². The zero-order chi connectivity index (χ0) is 20.6. The minimum atomic E-state index is 0.573. The van der Waals surface area contributed by atoms with Crippen molar-refractivity contribution in [1.29, 1.82) is 5.26 Å². The number of aromatic nitrogens is 1. The van der Waals surface area contributed by atoms with Crippen LogP contribution in [0.2, 0.25) is 0 Å². The van der Waals surface area contributed by atoms with E-state index < -0.39 is 0 Å². The Kier molecular flexibility index (Phi) is 7.50. The van der Waals surface area contributed by atoms with E-state index in [-0.39, 0.29) is 0 Å². The Morgan fingerprint density at radius 3 is 2.69 bits per heavy atom. The van der Waals surface area contributed by atoms with Crippen molar-refractivity contribution < 1.29 is 4.42 Å². The maximum Gasteiger partial charge on any atom is 0.146 e. The van der Waals surface area contributed by atoms with E-state index in [0.717, 1.165) is 74.9 Å². The van der Waals surface area contributed by atoms with E-state index in [4.69, 9.17) is 9.40 Å². The second kappa shape index (κ2) is 10.3. The Balaban J connectivity index is 1.87. The maximum absolute atomic E-state index is 9.88. The zero-order valence-corrected chi connectivity index (χ0v) is 17.8. The lowest BCUT2D eigenvalue weighted by Crippen LogP contribution is -2.32. The summed E-state index contributed by atoms with van der Waals surface area (Å²) in [6, 6.07) is 6.25. The van der Waals surface area contributed by atoms with Crippen LogP contribution in [0.1, 0.15) is 43.2 Å². The lowest BCUT2D eigenvalue weighted by atomic mass is 9.95. The summed E-state index contributed by atoms with van der Waals surface area (Å²) in [5, 5.41) is 16.7. The molecule has 29 heavy (non-hydrogen) atoms. The molecule has 2 aromatic heterocycles. The minimum absolute atomic E-state index is 0.573. The molecule has 0 saturated carbocycles. The summed E-state index contributed by atoms with van der Waals surface area (Å²) in [5.41, 5.74) is 2.95. The Labute approximate surface area is 173 Å². The molecule has 7 nitrogen and oxygen atoms in total. The lowest BCUT2D eigenvalue weighted by Gasteiger charge is -2.30. The molecule has 1 aliphatic rings. The summed E-state index contributed by atoms with van der Waals surface area (Å²) in [7, 11) is 0. The third-order valence-electron chi connectivity index (χ3n) is 5.66. The van der Waals surface area contributed by atoms with Crippen molar-refractivity contribution >= 4 is 11.6 Å². The van der Waals surface area contributed by atoms with Gasteiger partial charge in [0.05, 0.1) is 18.4 Å². The first-order valence-electron chi connectivity index (χ1n) is 10.6. The fraction of sp³-hybridized carbons (Fsp3) is 0.545. The summed E-state index contributed by atoms with van der Waals surface area (Å²) in [6.07, 6.45) is 2.55. The van der Waals surface area contributed by atoms with Crippen LogP contribution in [-0.2, 0) is 19.5 Å². The van der Waals surface area contributed by atoms with Crippen LogP contribution in [0.15, 0.2) is 22.8 Å². The smallest absolute Gasteiger partial charge is 0.146 e. The highest BCUT2D eigenvalue weighted by Crippen LogP contribution is 2.32. The summed E-state index contributed by atoms with van der Waals surface area (Å²) in [4.78, 5) is 9.58. The number of nitriles is 1. The molecule has 0 atom stereocenters. The standard InChI is InChI=1S/C22H32N6O/c1-4-27(5-2)12-10-24-21-19(14-23)18-9-11-28(6-3)16-20(18)22(26-21)25-15-17-8-7-13-29-17/h7-8,13H,4-6,9-12,15-16H2,1-3H3,(H2,24,25,26). The molecule has 0 aliphatic carbocycles. The van der Waals surface area contributed by atoms with Gasteiger partial charge in [-0.05, 0) is 43.8 Å². The number of likely N-dealkylation sites (N-methyl/N-ethyl adjacent to an activating group) is 2. The SMILES string of the molecule is CCN(CC)CCNc1nc(NCc2ccco2)c2c(c1C#N)CCN(CC)C2. The number of fused-ring (bicyclic) bond motifs is 1. The molecular weight excluding hydrogens is 364 g/mol. The zero-order valence-electron chi connectivity index (χ0n) is 17.8. The van der Waals surface area contributed by atoms with E-state index in [1.807, 2.05) is 12.1 Å².